The van der Waals surface area contributed by atoms with Gasteiger partial charge in [0, 0.05) is 25.4 Å². The molecule has 1 atom stereocenters. The third-order valence-electron chi connectivity index (χ3n) is 4.26. The number of carbonyl (C=O) groups is 2. The lowest BCUT2D eigenvalue weighted by Gasteiger charge is -2.23. The van der Waals surface area contributed by atoms with Crippen molar-refractivity contribution in [3.63, 3.8) is 0 Å². The first-order chi connectivity index (χ1) is 12.4. The van der Waals surface area contributed by atoms with Crippen LogP contribution in [0.3, 0.4) is 0 Å². The summed E-state index contributed by atoms with van der Waals surface area (Å²) in [6, 6.07) is 8.68. The molecular formula is C18H19N3O4S. The van der Waals surface area contributed by atoms with Crippen LogP contribution in [0.4, 0.5) is 0 Å². The summed E-state index contributed by atoms with van der Waals surface area (Å²) < 4.78 is 26.4. The van der Waals surface area contributed by atoms with Gasteiger partial charge < -0.3 is 5.32 Å². The second-order valence-electron chi connectivity index (χ2n) is 6.14. The van der Waals surface area contributed by atoms with Crippen LogP contribution in [0.25, 0.3) is 0 Å². The number of hydrogen-bond donors (Lipinski definition) is 1. The molecule has 0 spiro atoms. The summed E-state index contributed by atoms with van der Waals surface area (Å²) >= 11 is 0. The fourth-order valence-corrected chi connectivity index (χ4v) is 4.43. The number of benzene rings is 1. The maximum absolute atomic E-state index is 12.9. The van der Waals surface area contributed by atoms with E-state index in [1.165, 1.54) is 12.1 Å². The molecule has 2 amide bonds. The minimum Gasteiger partial charge on any atom is -0.350 e. The molecular weight excluding hydrogens is 354 g/mol. The second-order valence-corrected chi connectivity index (χ2v) is 7.95. The molecule has 2 aromatic rings. The highest BCUT2D eigenvalue weighted by molar-refractivity contribution is 7.89. The average molecular weight is 373 g/mol. The van der Waals surface area contributed by atoms with E-state index in [9.17, 15) is 18.0 Å². The maximum atomic E-state index is 12.9. The molecule has 3 rings (SSSR count). The van der Waals surface area contributed by atoms with Crippen molar-refractivity contribution in [1.82, 2.24) is 14.6 Å². The lowest BCUT2D eigenvalue weighted by atomic mass is 10.2. The molecule has 7 nitrogen and oxygen atoms in total. The van der Waals surface area contributed by atoms with Crippen LogP contribution in [0.15, 0.2) is 53.7 Å². The standard InChI is InChI=1S/C18H19N3O4S/c1-13-2-4-15(5-3-13)26(24,25)21-16(6-7-17(21)22)18(23)20-12-14-8-10-19-11-9-14/h2-5,8-11,16H,6-7,12H2,1H3,(H,20,23)/t16-/m1/s1. The van der Waals surface area contributed by atoms with Gasteiger partial charge in [0.1, 0.15) is 6.04 Å². The number of nitrogens with one attached hydrogen (secondary N) is 1. The summed E-state index contributed by atoms with van der Waals surface area (Å²) in [6.45, 7) is 2.08. The first kappa shape index (κ1) is 18.1. The van der Waals surface area contributed by atoms with Gasteiger partial charge in [-0.15, -0.1) is 0 Å². The molecule has 26 heavy (non-hydrogen) atoms. The number of amides is 2. The average Bonchev–Trinajstić information content (AvgIpc) is 3.03. The largest absolute Gasteiger partial charge is 0.350 e. The van der Waals surface area contributed by atoms with Crippen molar-refractivity contribution in [2.45, 2.75) is 37.2 Å². The molecule has 0 radical (unpaired) electrons. The van der Waals surface area contributed by atoms with E-state index < -0.39 is 27.9 Å². The van der Waals surface area contributed by atoms with E-state index in [0.29, 0.717) is 0 Å². The molecule has 1 N–H and O–H groups in total. The van der Waals surface area contributed by atoms with Crippen LogP contribution >= 0.6 is 0 Å². The Morgan fingerprint density at radius 3 is 2.50 bits per heavy atom. The van der Waals surface area contributed by atoms with E-state index in [-0.39, 0.29) is 24.3 Å². The Morgan fingerprint density at radius 1 is 1.19 bits per heavy atom. The van der Waals surface area contributed by atoms with Gasteiger partial charge in [-0.25, -0.2) is 12.7 Å². The number of aromatic nitrogens is 1. The molecule has 1 aliphatic rings. The minimum atomic E-state index is -4.07. The molecule has 1 aromatic carbocycles. The van der Waals surface area contributed by atoms with Crippen LogP contribution in [0.1, 0.15) is 24.0 Å². The summed E-state index contributed by atoms with van der Waals surface area (Å²) in [5.74, 6) is -1.04. The number of sulfonamides is 1. The molecule has 2 heterocycles. The highest BCUT2D eigenvalue weighted by Crippen LogP contribution is 2.27. The number of hydrogen-bond acceptors (Lipinski definition) is 5. The van der Waals surface area contributed by atoms with E-state index in [4.69, 9.17) is 0 Å². The Bertz CT molecular complexity index is 911. The molecule has 0 unspecified atom stereocenters. The van der Waals surface area contributed by atoms with Gasteiger partial charge in [0.05, 0.1) is 4.90 Å². The predicted molar refractivity (Wildman–Crippen MR) is 94.3 cm³/mol. The molecule has 0 aliphatic carbocycles. The van der Waals surface area contributed by atoms with Crippen molar-refractivity contribution in [3.05, 3.63) is 59.9 Å². The maximum Gasteiger partial charge on any atom is 0.267 e. The van der Waals surface area contributed by atoms with Gasteiger partial charge in [-0.2, -0.15) is 0 Å². The van der Waals surface area contributed by atoms with E-state index in [1.54, 1.807) is 36.7 Å². The van der Waals surface area contributed by atoms with E-state index in [0.717, 1.165) is 15.4 Å². The van der Waals surface area contributed by atoms with Gasteiger partial charge >= 0.3 is 0 Å². The number of carbonyl (C=O) groups excluding carboxylic acids is 2. The Hall–Kier alpha value is -2.74. The highest BCUT2D eigenvalue weighted by atomic mass is 32.2. The van der Waals surface area contributed by atoms with Crippen LogP contribution in [-0.4, -0.2) is 35.6 Å². The molecule has 1 aromatic heterocycles. The molecule has 0 saturated carbocycles. The number of aryl methyl sites for hydroxylation is 1. The summed E-state index contributed by atoms with van der Waals surface area (Å²) in [5, 5.41) is 2.70. The molecule has 1 fully saturated rings. The van der Waals surface area contributed by atoms with Crippen LogP contribution in [0, 0.1) is 6.92 Å². The summed E-state index contributed by atoms with van der Waals surface area (Å²) in [4.78, 5) is 28.6. The van der Waals surface area contributed by atoms with Crippen LogP contribution in [0.2, 0.25) is 0 Å². The monoisotopic (exact) mass is 373 g/mol. The lowest BCUT2D eigenvalue weighted by molar-refractivity contribution is -0.130. The van der Waals surface area contributed by atoms with Crippen molar-refractivity contribution in [2.24, 2.45) is 0 Å². The number of pyridine rings is 1. The van der Waals surface area contributed by atoms with Gasteiger partial charge in [0.15, 0.2) is 0 Å². The fraction of sp³-hybridized carbons (Fsp3) is 0.278. The molecule has 1 saturated heterocycles. The van der Waals surface area contributed by atoms with Gasteiger partial charge in [-0.1, -0.05) is 17.7 Å². The van der Waals surface area contributed by atoms with Crippen LogP contribution in [-0.2, 0) is 26.2 Å². The smallest absolute Gasteiger partial charge is 0.267 e. The molecule has 0 bridgehead atoms. The van der Waals surface area contributed by atoms with Crippen molar-refractivity contribution >= 4 is 21.8 Å². The third-order valence-corrected chi connectivity index (χ3v) is 6.10. The predicted octanol–water partition coefficient (Wildman–Crippen LogP) is 1.39. The van der Waals surface area contributed by atoms with Crippen molar-refractivity contribution in [3.8, 4) is 0 Å². The zero-order chi connectivity index (χ0) is 18.7. The summed E-state index contributed by atoms with van der Waals surface area (Å²) in [5.41, 5.74) is 1.74. The lowest BCUT2D eigenvalue weighted by Crippen LogP contribution is -2.47. The number of rotatable bonds is 5. The Labute approximate surface area is 152 Å². The van der Waals surface area contributed by atoms with Gasteiger partial charge in [-0.3, -0.25) is 14.6 Å². The van der Waals surface area contributed by atoms with E-state index in [2.05, 4.69) is 10.3 Å². The number of nitrogens with zero attached hydrogens (tertiary/aromatic N) is 2. The Morgan fingerprint density at radius 2 is 1.85 bits per heavy atom. The van der Waals surface area contributed by atoms with Crippen molar-refractivity contribution in [2.75, 3.05) is 0 Å². The summed E-state index contributed by atoms with van der Waals surface area (Å²) in [7, 11) is -4.07. The zero-order valence-corrected chi connectivity index (χ0v) is 15.1. The zero-order valence-electron chi connectivity index (χ0n) is 14.3. The second kappa shape index (κ2) is 7.25. The topological polar surface area (TPSA) is 96.4 Å². The molecule has 1 aliphatic heterocycles. The SMILES string of the molecule is Cc1ccc(S(=O)(=O)N2C(=O)CC[C@@H]2C(=O)NCc2ccncc2)cc1. The summed E-state index contributed by atoms with van der Waals surface area (Å²) in [6.07, 6.45) is 3.41. The van der Waals surface area contributed by atoms with Crippen molar-refractivity contribution < 1.29 is 18.0 Å². The third kappa shape index (κ3) is 3.60. The molecule has 8 heteroatoms. The first-order valence-corrected chi connectivity index (χ1v) is 9.64. The van der Waals surface area contributed by atoms with Crippen molar-refractivity contribution in [1.29, 1.82) is 0 Å². The Balaban J connectivity index is 1.79. The van der Waals surface area contributed by atoms with E-state index >= 15 is 0 Å². The van der Waals surface area contributed by atoms with Gasteiger partial charge in [-0.05, 0) is 43.2 Å². The van der Waals surface area contributed by atoms with Crippen LogP contribution < -0.4 is 5.32 Å². The first-order valence-electron chi connectivity index (χ1n) is 8.20. The van der Waals surface area contributed by atoms with Gasteiger partial charge in [0.2, 0.25) is 11.8 Å². The van der Waals surface area contributed by atoms with Gasteiger partial charge in [0.25, 0.3) is 10.0 Å². The van der Waals surface area contributed by atoms with Crippen LogP contribution in [0.5, 0.6) is 0 Å². The molecule has 136 valence electrons. The normalized spacial score (nSPS) is 17.3. The quantitative estimate of drug-likeness (QED) is 0.854. The fourth-order valence-electron chi connectivity index (χ4n) is 2.83. The highest BCUT2D eigenvalue weighted by Gasteiger charge is 2.44. The minimum absolute atomic E-state index is 0.00489. The Kier molecular flexibility index (Phi) is 5.03. The van der Waals surface area contributed by atoms with E-state index in [1.807, 2.05) is 6.92 Å².